The number of aliphatic imine (C=N–C) groups is 1. The number of alkyl halides is 1. The molecule has 42 heavy (non-hydrogen) atoms. The molecule has 5 rings (SSSR count). The Morgan fingerprint density at radius 3 is 2.88 bits per heavy atom. The van der Waals surface area contributed by atoms with Crippen molar-refractivity contribution in [3.05, 3.63) is 63.4 Å². The number of piperidine rings is 1. The average Bonchev–Trinajstić information content (AvgIpc) is 3.45. The minimum atomic E-state index is -0.652. The van der Waals surface area contributed by atoms with Gasteiger partial charge in [-0.2, -0.15) is 9.51 Å². The van der Waals surface area contributed by atoms with Gasteiger partial charge in [0.15, 0.2) is 17.0 Å². The summed E-state index contributed by atoms with van der Waals surface area (Å²) in [6.45, 7) is 6.48. The number of pyridine rings is 1. The van der Waals surface area contributed by atoms with Crippen LogP contribution in [-0.2, 0) is 27.2 Å². The summed E-state index contributed by atoms with van der Waals surface area (Å²) in [6, 6.07) is 2.31. The summed E-state index contributed by atoms with van der Waals surface area (Å²) in [4.78, 5) is 30.2. The van der Waals surface area contributed by atoms with Gasteiger partial charge in [0.05, 0.1) is 19.3 Å². The van der Waals surface area contributed by atoms with Crippen LogP contribution in [0, 0.1) is 0 Å². The highest BCUT2D eigenvalue weighted by Crippen LogP contribution is 2.36. The molecule has 1 saturated heterocycles. The number of aryl methyl sites for hydroxylation is 1. The van der Waals surface area contributed by atoms with Crippen molar-refractivity contribution in [3.8, 4) is 0 Å². The molecule has 224 valence electrons. The van der Waals surface area contributed by atoms with Gasteiger partial charge >= 0.3 is 0 Å². The molecule has 1 amide bonds. The number of fused-ring (bicyclic) bond motifs is 3. The second-order valence-corrected chi connectivity index (χ2v) is 11.3. The van der Waals surface area contributed by atoms with E-state index in [4.69, 9.17) is 47.8 Å². The third kappa shape index (κ3) is 5.77. The van der Waals surface area contributed by atoms with E-state index in [1.807, 2.05) is 11.0 Å². The van der Waals surface area contributed by atoms with Crippen molar-refractivity contribution in [3.63, 3.8) is 0 Å². The van der Waals surface area contributed by atoms with Crippen LogP contribution in [0.25, 0.3) is 11.2 Å². The summed E-state index contributed by atoms with van der Waals surface area (Å²) in [5.74, 6) is 2.18. The Kier molecular flexibility index (Phi) is 9.19. The largest absolute Gasteiger partial charge is 0.499 e. The minimum absolute atomic E-state index is 0.00581. The van der Waals surface area contributed by atoms with Gasteiger partial charge in [-0.25, -0.2) is 4.98 Å². The molecule has 1 unspecified atom stereocenters. The number of aromatic nitrogens is 3. The molecule has 2 atom stereocenters. The van der Waals surface area contributed by atoms with Crippen molar-refractivity contribution in [2.24, 2.45) is 9.98 Å². The second kappa shape index (κ2) is 12.8. The van der Waals surface area contributed by atoms with Crippen LogP contribution in [0.3, 0.4) is 0 Å². The van der Waals surface area contributed by atoms with E-state index in [-0.39, 0.29) is 5.91 Å². The molecule has 13 heteroatoms. The summed E-state index contributed by atoms with van der Waals surface area (Å²) in [5, 5.41) is 8.58. The Hall–Kier alpha value is -3.41. The van der Waals surface area contributed by atoms with E-state index in [1.165, 1.54) is 6.08 Å². The van der Waals surface area contributed by atoms with Crippen LogP contribution < -0.4 is 16.0 Å². The van der Waals surface area contributed by atoms with Crippen molar-refractivity contribution in [2.75, 3.05) is 47.9 Å². The monoisotopic (exact) mass is 614 g/mol. The van der Waals surface area contributed by atoms with E-state index < -0.39 is 5.38 Å². The number of halogens is 2. The number of nitrogens with one attached hydrogen (secondary N) is 1. The van der Waals surface area contributed by atoms with Gasteiger partial charge in [-0.15, -0.1) is 16.7 Å². The number of methoxy groups -OCH3 is 2. The maximum Gasteiger partial charge on any atom is 0.246 e. The number of likely N-dealkylation sites (N-methyl/N-ethyl adjacent to an activating group) is 1. The van der Waals surface area contributed by atoms with Crippen LogP contribution in [-0.4, -0.2) is 95.6 Å². The van der Waals surface area contributed by atoms with Gasteiger partial charge in [-0.05, 0) is 45.0 Å². The highest BCUT2D eigenvalue weighted by Gasteiger charge is 2.30. The van der Waals surface area contributed by atoms with Crippen LogP contribution in [0.5, 0.6) is 0 Å². The first-order valence-corrected chi connectivity index (χ1v) is 14.8. The number of amides is 1. The number of hydrogen-bond acceptors (Lipinski definition) is 7. The molecule has 0 saturated carbocycles. The Bertz CT molecular complexity index is 1610. The van der Waals surface area contributed by atoms with E-state index >= 15 is 0 Å². The lowest BCUT2D eigenvalue weighted by molar-refractivity contribution is -0.128. The summed E-state index contributed by atoms with van der Waals surface area (Å²) in [7, 11) is 6.92. The molecule has 0 bridgehead atoms. The fraction of sp³-hybridized carbons (Fsp3) is 0.483. The molecule has 2 aliphatic heterocycles. The zero-order valence-electron chi connectivity index (χ0n) is 24.4. The zero-order chi connectivity index (χ0) is 30.0. The molecular formula is C29H36Cl2N8O3. The molecule has 0 spiro atoms. The fourth-order valence-corrected chi connectivity index (χ4v) is 6.42. The smallest absolute Gasteiger partial charge is 0.246 e. The van der Waals surface area contributed by atoms with E-state index in [1.54, 1.807) is 31.9 Å². The van der Waals surface area contributed by atoms with Gasteiger partial charge in [-0.3, -0.25) is 9.79 Å². The number of carbonyl (C=O) groups is 1. The Morgan fingerprint density at radius 1 is 1.36 bits per heavy atom. The summed E-state index contributed by atoms with van der Waals surface area (Å²) < 4.78 is 12.9. The first-order valence-electron chi connectivity index (χ1n) is 14.0. The van der Waals surface area contributed by atoms with Gasteiger partial charge in [0.25, 0.3) is 0 Å². The molecule has 11 nitrogen and oxygen atoms in total. The average molecular weight is 616 g/mol. The van der Waals surface area contributed by atoms with Crippen molar-refractivity contribution >= 4 is 46.3 Å². The standard InChI is InChI=1S/C29H36Cl2N8O3/c1-6-23(40)38-12-7-9-18(16-38)37(3)11-8-10-22-34-28-19(24-25(30)20(41-4)14-21(42-5)26(24)31)13-17-15-33-29(32-2)35-27(17)39(28)36-22/h6,13-14,18,25H,1,7-12,15-16H2,2-5H3,(H,32,33)/t18-,25?/m0/s1. The number of ether oxygens (including phenoxy) is 2. The Labute approximate surface area is 254 Å². The van der Waals surface area contributed by atoms with E-state index in [9.17, 15) is 4.79 Å². The Morgan fingerprint density at radius 2 is 2.17 bits per heavy atom. The lowest BCUT2D eigenvalue weighted by Gasteiger charge is -2.37. The summed E-state index contributed by atoms with van der Waals surface area (Å²) >= 11 is 13.8. The van der Waals surface area contributed by atoms with Crippen LogP contribution in [0.2, 0.25) is 0 Å². The molecule has 2 aromatic rings. The van der Waals surface area contributed by atoms with E-state index in [2.05, 4.69) is 28.8 Å². The third-order valence-electron chi connectivity index (χ3n) is 7.95. The SMILES string of the molecule is C=CC(=O)N1CCC[C@H](N(C)CCCc2nc3c(=C4C(Cl)=C(OC)C=C(OC)C4Cl)cc4c(n3n2)=NC(=NC)NC4)C1. The van der Waals surface area contributed by atoms with Gasteiger partial charge in [0.1, 0.15) is 16.9 Å². The van der Waals surface area contributed by atoms with Crippen LogP contribution in [0.1, 0.15) is 30.7 Å². The number of rotatable bonds is 8. The summed E-state index contributed by atoms with van der Waals surface area (Å²) in [5.41, 5.74) is 2.79. The van der Waals surface area contributed by atoms with E-state index in [0.717, 1.165) is 43.1 Å². The topological polar surface area (TPSA) is 109 Å². The minimum Gasteiger partial charge on any atom is -0.499 e. The lowest BCUT2D eigenvalue weighted by Crippen LogP contribution is -2.48. The highest BCUT2D eigenvalue weighted by molar-refractivity contribution is 6.41. The molecule has 0 aromatic carbocycles. The molecule has 3 aliphatic rings. The number of guanidine groups is 1. The maximum absolute atomic E-state index is 12.1. The quantitative estimate of drug-likeness (QED) is 0.357. The summed E-state index contributed by atoms with van der Waals surface area (Å²) in [6.07, 6.45) is 6.64. The van der Waals surface area contributed by atoms with Crippen LogP contribution >= 0.6 is 23.2 Å². The molecule has 1 N–H and O–H groups in total. The van der Waals surface area contributed by atoms with Crippen molar-refractivity contribution in [2.45, 2.75) is 43.6 Å². The van der Waals surface area contributed by atoms with Crippen molar-refractivity contribution < 1.29 is 14.3 Å². The highest BCUT2D eigenvalue weighted by atomic mass is 35.5. The number of nitrogens with zero attached hydrogens (tertiary/aromatic N) is 7. The lowest BCUT2D eigenvalue weighted by atomic mass is 10.0. The van der Waals surface area contributed by atoms with Crippen LogP contribution in [0.4, 0.5) is 0 Å². The molecule has 1 fully saturated rings. The van der Waals surface area contributed by atoms with Crippen molar-refractivity contribution in [1.82, 2.24) is 29.7 Å². The fourth-order valence-electron chi connectivity index (χ4n) is 5.64. The first-order chi connectivity index (χ1) is 20.3. The molecule has 0 radical (unpaired) electrons. The molecule has 2 aromatic heterocycles. The number of carbonyl (C=O) groups excluding carboxylic acids is 1. The van der Waals surface area contributed by atoms with Gasteiger partial charge in [0.2, 0.25) is 11.9 Å². The zero-order valence-corrected chi connectivity index (χ0v) is 25.9. The Balaban J connectivity index is 1.50. The van der Waals surface area contributed by atoms with Gasteiger partial charge in [-0.1, -0.05) is 18.2 Å². The normalized spacial score (nSPS) is 23.0. The molecular weight excluding hydrogens is 579 g/mol. The molecule has 1 aliphatic carbocycles. The number of hydrogen-bond donors (Lipinski definition) is 1. The number of likely N-dealkylation sites (tertiary alicyclic amines) is 1. The number of allylic oxidation sites excluding steroid dienone is 3. The molecule has 4 heterocycles. The van der Waals surface area contributed by atoms with Gasteiger partial charge < -0.3 is 24.6 Å². The predicted molar refractivity (Wildman–Crippen MR) is 163 cm³/mol. The first kappa shape index (κ1) is 30.1. The third-order valence-corrected chi connectivity index (χ3v) is 8.77. The van der Waals surface area contributed by atoms with Gasteiger partial charge in [0, 0.05) is 61.6 Å². The second-order valence-electron chi connectivity index (χ2n) is 10.5. The van der Waals surface area contributed by atoms with E-state index in [0.29, 0.717) is 70.6 Å². The maximum atomic E-state index is 12.1. The van der Waals surface area contributed by atoms with Crippen LogP contribution in [0.15, 0.2) is 51.3 Å². The van der Waals surface area contributed by atoms with Crippen molar-refractivity contribution in [1.29, 1.82) is 0 Å². The predicted octanol–water partition coefficient (Wildman–Crippen LogP) is 1.88.